The van der Waals surface area contributed by atoms with Crippen LogP contribution in [0.25, 0.3) is 0 Å². The van der Waals surface area contributed by atoms with E-state index in [2.05, 4.69) is 14.7 Å². The zero-order chi connectivity index (χ0) is 13.2. The van der Waals surface area contributed by atoms with Gasteiger partial charge >= 0.3 is 0 Å². The fraction of sp³-hybridized carbons (Fsp3) is 0.0909. The normalized spacial score (nSPS) is 11.2. The Morgan fingerprint density at radius 2 is 1.89 bits per heavy atom. The highest BCUT2D eigenvalue weighted by molar-refractivity contribution is 7.92. The molecule has 2 rings (SSSR count). The summed E-state index contributed by atoms with van der Waals surface area (Å²) in [6.45, 7) is 1.72. The van der Waals surface area contributed by atoms with Gasteiger partial charge in [-0.3, -0.25) is 4.72 Å². The molecule has 0 aliphatic carbocycles. The van der Waals surface area contributed by atoms with Crippen molar-refractivity contribution in [3.05, 3.63) is 42.4 Å². The minimum absolute atomic E-state index is 0.134. The van der Waals surface area contributed by atoms with Gasteiger partial charge < -0.3 is 5.73 Å². The first-order chi connectivity index (χ1) is 8.49. The first kappa shape index (κ1) is 12.3. The van der Waals surface area contributed by atoms with Crippen LogP contribution in [-0.4, -0.2) is 18.4 Å². The van der Waals surface area contributed by atoms with Gasteiger partial charge in [0.1, 0.15) is 12.1 Å². The van der Waals surface area contributed by atoms with E-state index in [1.54, 1.807) is 6.92 Å². The van der Waals surface area contributed by atoms with E-state index in [1.807, 2.05) is 0 Å². The number of anilines is 2. The van der Waals surface area contributed by atoms with Crippen molar-refractivity contribution in [2.45, 2.75) is 11.8 Å². The third-order valence-corrected chi connectivity index (χ3v) is 3.67. The van der Waals surface area contributed by atoms with Crippen molar-refractivity contribution in [2.24, 2.45) is 0 Å². The van der Waals surface area contributed by atoms with Crippen LogP contribution in [0, 0.1) is 6.92 Å². The number of nitrogen functional groups attached to an aromatic ring is 1. The summed E-state index contributed by atoms with van der Waals surface area (Å²) in [6.07, 6.45) is 2.82. The molecule has 0 fully saturated rings. The van der Waals surface area contributed by atoms with E-state index in [0.29, 0.717) is 11.3 Å². The predicted octanol–water partition coefficient (Wildman–Crippen LogP) is 1.17. The number of benzene rings is 1. The van der Waals surface area contributed by atoms with Crippen molar-refractivity contribution in [1.29, 1.82) is 0 Å². The van der Waals surface area contributed by atoms with Crippen molar-refractivity contribution in [3.63, 3.8) is 0 Å². The lowest BCUT2D eigenvalue weighted by atomic mass is 10.3. The van der Waals surface area contributed by atoms with Gasteiger partial charge in [0.2, 0.25) is 0 Å². The molecule has 94 valence electrons. The Bertz CT molecular complexity index is 653. The molecule has 0 unspecified atom stereocenters. The maximum Gasteiger partial charge on any atom is 0.263 e. The Morgan fingerprint density at radius 3 is 2.50 bits per heavy atom. The van der Waals surface area contributed by atoms with Crippen molar-refractivity contribution in [2.75, 3.05) is 10.5 Å². The molecule has 7 heteroatoms. The molecule has 1 heterocycles. The molecule has 0 atom stereocenters. The molecular formula is C11H12N4O2S. The third kappa shape index (κ3) is 2.57. The van der Waals surface area contributed by atoms with Gasteiger partial charge in [0, 0.05) is 17.4 Å². The molecule has 0 radical (unpaired) electrons. The average molecular weight is 264 g/mol. The SMILES string of the molecule is Cc1cncnc1NS(=O)(=O)c1ccc(N)cc1. The Balaban J connectivity index is 2.33. The summed E-state index contributed by atoms with van der Waals surface area (Å²) < 4.78 is 26.5. The molecule has 18 heavy (non-hydrogen) atoms. The minimum atomic E-state index is -3.65. The van der Waals surface area contributed by atoms with Crippen LogP contribution in [0.2, 0.25) is 0 Å². The average Bonchev–Trinajstić information content (AvgIpc) is 2.32. The molecule has 1 aromatic carbocycles. The van der Waals surface area contributed by atoms with Crippen LogP contribution >= 0.6 is 0 Å². The second-order valence-electron chi connectivity index (χ2n) is 3.73. The fourth-order valence-corrected chi connectivity index (χ4v) is 2.42. The van der Waals surface area contributed by atoms with E-state index in [1.165, 1.54) is 36.8 Å². The van der Waals surface area contributed by atoms with E-state index < -0.39 is 10.0 Å². The molecular weight excluding hydrogens is 252 g/mol. The molecule has 0 spiro atoms. The lowest BCUT2D eigenvalue weighted by Gasteiger charge is -2.08. The lowest BCUT2D eigenvalue weighted by molar-refractivity contribution is 0.601. The highest BCUT2D eigenvalue weighted by atomic mass is 32.2. The summed E-state index contributed by atoms with van der Waals surface area (Å²) in [4.78, 5) is 7.81. The van der Waals surface area contributed by atoms with Crippen LogP contribution in [0.15, 0.2) is 41.7 Å². The molecule has 1 aromatic heterocycles. The maximum atomic E-state index is 12.1. The number of aromatic nitrogens is 2. The zero-order valence-corrected chi connectivity index (χ0v) is 10.5. The third-order valence-electron chi connectivity index (χ3n) is 2.32. The summed E-state index contributed by atoms with van der Waals surface area (Å²) in [5, 5.41) is 0. The summed E-state index contributed by atoms with van der Waals surface area (Å²) in [6, 6.07) is 5.94. The second-order valence-corrected chi connectivity index (χ2v) is 5.41. The Kier molecular flexibility index (Phi) is 3.15. The van der Waals surface area contributed by atoms with Crippen LogP contribution < -0.4 is 10.5 Å². The van der Waals surface area contributed by atoms with Crippen molar-refractivity contribution in [3.8, 4) is 0 Å². The maximum absolute atomic E-state index is 12.1. The molecule has 0 saturated carbocycles. The first-order valence-corrected chi connectivity index (χ1v) is 6.62. The van der Waals surface area contributed by atoms with Crippen molar-refractivity contribution >= 4 is 21.5 Å². The van der Waals surface area contributed by atoms with Gasteiger partial charge in [-0.1, -0.05) is 0 Å². The molecule has 0 bridgehead atoms. The summed E-state index contributed by atoms with van der Waals surface area (Å²) >= 11 is 0. The van der Waals surface area contributed by atoms with Gasteiger partial charge in [0.15, 0.2) is 0 Å². The number of nitrogens with two attached hydrogens (primary N) is 1. The van der Waals surface area contributed by atoms with Gasteiger partial charge in [-0.05, 0) is 31.2 Å². The van der Waals surface area contributed by atoms with Gasteiger partial charge in [-0.15, -0.1) is 0 Å². The molecule has 0 saturated heterocycles. The van der Waals surface area contributed by atoms with Crippen LogP contribution in [0.5, 0.6) is 0 Å². The highest BCUT2D eigenvalue weighted by Crippen LogP contribution is 2.17. The van der Waals surface area contributed by atoms with Gasteiger partial charge in [-0.2, -0.15) is 0 Å². The number of nitrogens with zero attached hydrogens (tertiary/aromatic N) is 2. The van der Waals surface area contributed by atoms with Gasteiger partial charge in [0.25, 0.3) is 10.0 Å². The largest absolute Gasteiger partial charge is 0.399 e. The molecule has 0 aliphatic rings. The van der Waals surface area contributed by atoms with Crippen LogP contribution in [0.3, 0.4) is 0 Å². The number of sulfonamides is 1. The summed E-state index contributed by atoms with van der Waals surface area (Å²) in [7, 11) is -3.65. The highest BCUT2D eigenvalue weighted by Gasteiger charge is 2.15. The number of hydrogen-bond acceptors (Lipinski definition) is 5. The molecule has 3 N–H and O–H groups in total. The summed E-state index contributed by atoms with van der Waals surface area (Å²) in [5.41, 5.74) is 6.67. The minimum Gasteiger partial charge on any atom is -0.399 e. The summed E-state index contributed by atoms with van der Waals surface area (Å²) in [5.74, 6) is 0.266. The monoisotopic (exact) mass is 264 g/mol. The lowest BCUT2D eigenvalue weighted by Crippen LogP contribution is -2.14. The predicted molar refractivity (Wildman–Crippen MR) is 68.4 cm³/mol. The topological polar surface area (TPSA) is 98.0 Å². The molecule has 0 amide bonds. The van der Waals surface area contributed by atoms with E-state index >= 15 is 0 Å². The van der Waals surface area contributed by atoms with Crippen LogP contribution in [0.4, 0.5) is 11.5 Å². The van der Waals surface area contributed by atoms with Gasteiger partial charge in [-0.25, -0.2) is 18.4 Å². The Hall–Kier alpha value is -2.15. The number of aryl methyl sites for hydroxylation is 1. The molecule has 6 nitrogen and oxygen atoms in total. The molecule has 2 aromatic rings. The smallest absolute Gasteiger partial charge is 0.263 e. The van der Waals surface area contributed by atoms with E-state index in [0.717, 1.165) is 0 Å². The first-order valence-electron chi connectivity index (χ1n) is 5.14. The second kappa shape index (κ2) is 4.61. The van der Waals surface area contributed by atoms with E-state index in [4.69, 9.17) is 5.73 Å². The van der Waals surface area contributed by atoms with Crippen molar-refractivity contribution < 1.29 is 8.42 Å². The Labute approximate surface area is 105 Å². The number of hydrogen-bond donors (Lipinski definition) is 2. The Morgan fingerprint density at radius 1 is 1.22 bits per heavy atom. The number of rotatable bonds is 3. The van der Waals surface area contributed by atoms with Crippen LogP contribution in [-0.2, 0) is 10.0 Å². The fourth-order valence-electron chi connectivity index (χ4n) is 1.34. The van der Waals surface area contributed by atoms with Crippen LogP contribution in [0.1, 0.15) is 5.56 Å². The zero-order valence-electron chi connectivity index (χ0n) is 9.66. The standard InChI is InChI=1S/C11H12N4O2S/c1-8-6-13-7-14-11(8)15-18(16,17)10-4-2-9(12)3-5-10/h2-7H,12H2,1H3,(H,13,14,15). The van der Waals surface area contributed by atoms with Gasteiger partial charge in [0.05, 0.1) is 4.90 Å². The quantitative estimate of drug-likeness (QED) is 0.811. The van der Waals surface area contributed by atoms with E-state index in [-0.39, 0.29) is 10.7 Å². The molecule has 0 aliphatic heterocycles. The van der Waals surface area contributed by atoms with Crippen molar-refractivity contribution in [1.82, 2.24) is 9.97 Å². The number of nitrogens with one attached hydrogen (secondary N) is 1. The van der Waals surface area contributed by atoms with E-state index in [9.17, 15) is 8.42 Å².